The summed E-state index contributed by atoms with van der Waals surface area (Å²) in [4.78, 5) is 37.1. The third-order valence-electron chi connectivity index (χ3n) is 7.67. The second-order valence-corrected chi connectivity index (χ2v) is 15.4. The van der Waals surface area contributed by atoms with Crippen molar-refractivity contribution in [2.24, 2.45) is 11.3 Å². The molecule has 0 heterocycles. The van der Waals surface area contributed by atoms with Gasteiger partial charge in [0.15, 0.2) is 0 Å². The second-order valence-electron chi connectivity index (χ2n) is 13.4. The van der Waals surface area contributed by atoms with E-state index in [1.807, 2.05) is 32.0 Å². The minimum atomic E-state index is -4.20. The molecule has 12 nitrogen and oxygen atoms in total. The molecule has 3 atom stereocenters. The number of hydrogen-bond donors (Lipinski definition) is 4. The number of nitrogens with one attached hydrogen (secondary N) is 3. The molecule has 14 heteroatoms. The highest BCUT2D eigenvalue weighted by molar-refractivity contribution is 7.89. The molecule has 0 spiro atoms. The number of rotatable bonds is 17. The van der Waals surface area contributed by atoms with E-state index < -0.39 is 56.2 Å². The first-order valence-corrected chi connectivity index (χ1v) is 17.4. The third-order valence-corrected chi connectivity index (χ3v) is 9.52. The number of carbonyl (C=O) groups is 2. The Labute approximate surface area is 287 Å². The summed E-state index contributed by atoms with van der Waals surface area (Å²) in [5.74, 6) is -1.57. The van der Waals surface area contributed by atoms with E-state index in [0.29, 0.717) is 5.56 Å². The maximum atomic E-state index is 13.8. The molecule has 0 aliphatic heterocycles. The highest BCUT2D eigenvalue weighted by Crippen LogP contribution is 2.23. The second kappa shape index (κ2) is 17.4. The Balaban J connectivity index is 1.82. The van der Waals surface area contributed by atoms with E-state index in [1.54, 1.807) is 45.0 Å². The molecule has 0 saturated heterocycles. The van der Waals surface area contributed by atoms with Crippen LogP contribution in [0.4, 0.5) is 10.1 Å². The number of halogens is 1. The normalized spacial score (nSPS) is 13.9. The van der Waals surface area contributed by atoms with Gasteiger partial charge in [0.05, 0.1) is 28.5 Å². The minimum Gasteiger partial charge on any atom is -0.390 e. The summed E-state index contributed by atoms with van der Waals surface area (Å²) in [5, 5.41) is 31.3. The molecule has 3 rings (SSSR count). The van der Waals surface area contributed by atoms with Crippen LogP contribution in [0.15, 0.2) is 83.8 Å². The SMILES string of the molecule is CC(C)CN(C[C@@H](O)[C@H](Cc1ccccc1)NC(=O)[C@@H](NC(=O)CNCc1cccc(F)c1)C(C)(C)C)S(=O)(=O)c1ccc([N+](=O)[O-])cc1. The van der Waals surface area contributed by atoms with E-state index in [-0.39, 0.29) is 49.1 Å². The summed E-state index contributed by atoms with van der Waals surface area (Å²) >= 11 is 0. The van der Waals surface area contributed by atoms with Crippen molar-refractivity contribution in [3.8, 4) is 0 Å². The summed E-state index contributed by atoms with van der Waals surface area (Å²) in [6.45, 7) is 8.72. The Bertz CT molecular complexity index is 1670. The van der Waals surface area contributed by atoms with Crippen molar-refractivity contribution >= 4 is 27.5 Å². The number of nitro benzene ring substituents is 1. The summed E-state index contributed by atoms with van der Waals surface area (Å²) in [7, 11) is -4.20. The number of sulfonamides is 1. The molecular weight excluding hydrogens is 653 g/mol. The Hall–Kier alpha value is -4.24. The first-order valence-electron chi connectivity index (χ1n) is 16.0. The minimum absolute atomic E-state index is 0.0334. The van der Waals surface area contributed by atoms with Crippen molar-refractivity contribution in [3.63, 3.8) is 0 Å². The Kier molecular flexibility index (Phi) is 13.9. The van der Waals surface area contributed by atoms with Crippen LogP contribution in [0.3, 0.4) is 0 Å². The van der Waals surface area contributed by atoms with Crippen LogP contribution < -0.4 is 16.0 Å². The van der Waals surface area contributed by atoms with Gasteiger partial charge in [-0.1, -0.05) is 77.1 Å². The lowest BCUT2D eigenvalue weighted by Crippen LogP contribution is -2.59. The van der Waals surface area contributed by atoms with Crippen LogP contribution in [-0.2, 0) is 32.6 Å². The number of hydrogen-bond acceptors (Lipinski definition) is 8. The largest absolute Gasteiger partial charge is 0.390 e. The van der Waals surface area contributed by atoms with Gasteiger partial charge in [-0.05, 0) is 53.1 Å². The molecular formula is C35H46FN5O7S. The summed E-state index contributed by atoms with van der Waals surface area (Å²) in [6, 6.07) is 17.6. The van der Waals surface area contributed by atoms with Crippen LogP contribution in [0.25, 0.3) is 0 Å². The van der Waals surface area contributed by atoms with Crippen molar-refractivity contribution in [2.45, 2.75) is 70.7 Å². The molecule has 3 aromatic rings. The average molecular weight is 700 g/mol. The maximum Gasteiger partial charge on any atom is 0.269 e. The van der Waals surface area contributed by atoms with Crippen molar-refractivity contribution in [1.82, 2.24) is 20.3 Å². The molecule has 266 valence electrons. The highest BCUT2D eigenvalue weighted by Gasteiger charge is 2.36. The molecule has 0 saturated carbocycles. The van der Waals surface area contributed by atoms with Gasteiger partial charge >= 0.3 is 0 Å². The van der Waals surface area contributed by atoms with Gasteiger partial charge in [-0.2, -0.15) is 4.31 Å². The van der Waals surface area contributed by atoms with Crippen LogP contribution in [0.2, 0.25) is 0 Å². The number of carbonyl (C=O) groups excluding carboxylic acids is 2. The van der Waals surface area contributed by atoms with Gasteiger partial charge in [0.25, 0.3) is 5.69 Å². The van der Waals surface area contributed by atoms with Crippen molar-refractivity contribution in [1.29, 1.82) is 0 Å². The standard InChI is InChI=1S/C35H46FN5O7S/c1-24(2)22-40(49(47,48)29-16-14-28(15-17-29)41(45)46)23-31(42)30(19-25-10-7-6-8-11-25)38-34(44)33(35(3,4)5)39-32(43)21-37-20-26-12-9-13-27(36)18-26/h6-18,24,30-31,33,37,42H,19-23H2,1-5H3,(H,38,44)(H,39,43)/t30-,31+,33+/m0/s1. The monoisotopic (exact) mass is 699 g/mol. The van der Waals surface area contributed by atoms with Crippen molar-refractivity contribution in [2.75, 3.05) is 19.6 Å². The van der Waals surface area contributed by atoms with Gasteiger partial charge in [0, 0.05) is 31.8 Å². The molecule has 0 aromatic heterocycles. The lowest BCUT2D eigenvalue weighted by Gasteiger charge is -2.34. The van der Waals surface area contributed by atoms with Gasteiger partial charge in [-0.15, -0.1) is 0 Å². The Morgan fingerprint density at radius 1 is 0.939 bits per heavy atom. The zero-order valence-electron chi connectivity index (χ0n) is 28.4. The molecule has 0 bridgehead atoms. The molecule has 0 radical (unpaired) electrons. The zero-order chi connectivity index (χ0) is 36.4. The highest BCUT2D eigenvalue weighted by atomic mass is 32.2. The predicted molar refractivity (Wildman–Crippen MR) is 184 cm³/mol. The van der Waals surface area contributed by atoms with E-state index in [4.69, 9.17) is 0 Å². The van der Waals surface area contributed by atoms with E-state index in [2.05, 4.69) is 16.0 Å². The first-order chi connectivity index (χ1) is 23.0. The number of amides is 2. The van der Waals surface area contributed by atoms with Crippen molar-refractivity contribution < 1.29 is 32.4 Å². The Morgan fingerprint density at radius 2 is 1.57 bits per heavy atom. The van der Waals surface area contributed by atoms with Gasteiger partial charge in [-0.3, -0.25) is 19.7 Å². The molecule has 2 amide bonds. The van der Waals surface area contributed by atoms with Crippen LogP contribution in [-0.4, -0.2) is 72.4 Å². The number of aliphatic hydroxyl groups excluding tert-OH is 1. The molecule has 4 N–H and O–H groups in total. The van der Waals surface area contributed by atoms with E-state index >= 15 is 0 Å². The van der Waals surface area contributed by atoms with E-state index in [1.165, 1.54) is 12.1 Å². The fourth-order valence-corrected chi connectivity index (χ4v) is 6.80. The average Bonchev–Trinajstić information content (AvgIpc) is 3.02. The zero-order valence-corrected chi connectivity index (χ0v) is 29.2. The molecule has 49 heavy (non-hydrogen) atoms. The topological polar surface area (TPSA) is 171 Å². The van der Waals surface area contributed by atoms with Gasteiger partial charge in [0.1, 0.15) is 11.9 Å². The summed E-state index contributed by atoms with van der Waals surface area (Å²) in [6.07, 6.45) is -1.24. The lowest BCUT2D eigenvalue weighted by molar-refractivity contribution is -0.384. The predicted octanol–water partition coefficient (Wildman–Crippen LogP) is 3.79. The molecule has 0 unspecified atom stereocenters. The number of nitrogens with zero attached hydrogens (tertiary/aromatic N) is 2. The number of non-ortho nitro benzene ring substituents is 1. The van der Waals surface area contributed by atoms with Crippen molar-refractivity contribution in [3.05, 3.63) is 106 Å². The van der Waals surface area contributed by atoms with Crippen LogP contribution in [0, 0.1) is 27.3 Å². The molecule has 0 aliphatic carbocycles. The Morgan fingerprint density at radius 3 is 2.14 bits per heavy atom. The fourth-order valence-electron chi connectivity index (χ4n) is 5.17. The first kappa shape index (κ1) is 39.2. The van der Waals surface area contributed by atoms with Gasteiger partial charge in [-0.25, -0.2) is 12.8 Å². The third kappa shape index (κ3) is 12.0. The van der Waals surface area contributed by atoms with E-state index in [0.717, 1.165) is 34.1 Å². The van der Waals surface area contributed by atoms with E-state index in [9.17, 15) is 37.6 Å². The number of benzene rings is 3. The van der Waals surface area contributed by atoms with Crippen LogP contribution in [0.5, 0.6) is 0 Å². The van der Waals surface area contributed by atoms with Gasteiger partial charge < -0.3 is 21.1 Å². The maximum absolute atomic E-state index is 13.8. The lowest BCUT2D eigenvalue weighted by atomic mass is 9.85. The summed E-state index contributed by atoms with van der Waals surface area (Å²) in [5.41, 5.74) is 0.409. The molecule has 3 aromatic carbocycles. The molecule has 0 fully saturated rings. The molecule has 0 aliphatic rings. The summed E-state index contributed by atoms with van der Waals surface area (Å²) < 4.78 is 42.1. The van der Waals surface area contributed by atoms with Gasteiger partial charge in [0.2, 0.25) is 21.8 Å². The fraction of sp³-hybridized carbons (Fsp3) is 0.429. The number of aliphatic hydroxyl groups is 1. The smallest absolute Gasteiger partial charge is 0.269 e. The number of nitro groups is 1. The quantitative estimate of drug-likeness (QED) is 0.122. The van der Waals surface area contributed by atoms with Crippen LogP contribution in [0.1, 0.15) is 45.7 Å². The van der Waals surface area contributed by atoms with Crippen LogP contribution >= 0.6 is 0 Å².